The highest BCUT2D eigenvalue weighted by Crippen LogP contribution is 2.32. The molecule has 0 radical (unpaired) electrons. The molecule has 0 unspecified atom stereocenters. The quantitative estimate of drug-likeness (QED) is 0.374. The van der Waals surface area contributed by atoms with Gasteiger partial charge in [-0.3, -0.25) is 0 Å². The lowest BCUT2D eigenvalue weighted by molar-refractivity contribution is 0.562. The largest absolute Gasteiger partial charge is 0.422 e. The van der Waals surface area contributed by atoms with Gasteiger partial charge in [0.25, 0.3) is 0 Å². The fraction of sp³-hybridized carbons (Fsp3) is 0.261. The highest BCUT2D eigenvalue weighted by molar-refractivity contribution is 6.06. The number of para-hydroxylation sites is 1. The van der Waals surface area contributed by atoms with E-state index < -0.39 is 0 Å². The number of hydrogen-bond donors (Lipinski definition) is 0. The Labute approximate surface area is 172 Å². The van der Waals surface area contributed by atoms with Gasteiger partial charge < -0.3 is 14.2 Å². The van der Waals surface area contributed by atoms with E-state index in [2.05, 4.69) is 15.1 Å². The van der Waals surface area contributed by atoms with Gasteiger partial charge in [0.05, 0.1) is 16.6 Å². The van der Waals surface area contributed by atoms with Crippen molar-refractivity contribution in [1.82, 2.24) is 10.2 Å². The van der Waals surface area contributed by atoms with Crippen molar-refractivity contribution in [3.63, 3.8) is 0 Å². The summed E-state index contributed by atoms with van der Waals surface area (Å²) < 4.78 is 19.7. The molecule has 0 saturated carbocycles. The summed E-state index contributed by atoms with van der Waals surface area (Å²) in [7, 11) is 0. The lowest BCUT2D eigenvalue weighted by Crippen LogP contribution is -2.47. The van der Waals surface area contributed by atoms with Crippen LogP contribution in [0.2, 0.25) is 0 Å². The van der Waals surface area contributed by atoms with E-state index in [9.17, 15) is 9.18 Å². The van der Waals surface area contributed by atoms with Crippen LogP contribution in [0.4, 0.5) is 15.9 Å². The summed E-state index contributed by atoms with van der Waals surface area (Å²) >= 11 is 0. The van der Waals surface area contributed by atoms with E-state index in [-0.39, 0.29) is 11.4 Å². The zero-order chi connectivity index (χ0) is 20.8. The molecule has 0 atom stereocenters. The van der Waals surface area contributed by atoms with Gasteiger partial charge in [-0.15, -0.1) is 10.2 Å². The maximum Gasteiger partial charge on any atom is 0.336 e. The summed E-state index contributed by atoms with van der Waals surface area (Å²) in [5, 5.41) is 10.6. The van der Waals surface area contributed by atoms with Crippen LogP contribution < -0.4 is 15.4 Å². The minimum atomic E-state index is -0.372. The minimum Gasteiger partial charge on any atom is -0.422 e. The molecule has 2 aromatic carbocycles. The Morgan fingerprint density at radius 3 is 2.47 bits per heavy atom. The third-order valence-electron chi connectivity index (χ3n) is 5.83. The van der Waals surface area contributed by atoms with Gasteiger partial charge in [-0.05, 0) is 43.7 Å². The zero-order valence-corrected chi connectivity index (χ0v) is 16.9. The van der Waals surface area contributed by atoms with Crippen molar-refractivity contribution in [1.29, 1.82) is 0 Å². The second-order valence-corrected chi connectivity index (χ2v) is 7.66. The van der Waals surface area contributed by atoms with E-state index in [0.29, 0.717) is 43.0 Å². The van der Waals surface area contributed by atoms with E-state index in [0.717, 1.165) is 27.7 Å². The number of aromatic nitrogens is 2. The lowest BCUT2D eigenvalue weighted by atomic mass is 10.0. The van der Waals surface area contributed by atoms with Crippen molar-refractivity contribution in [2.75, 3.05) is 36.0 Å². The monoisotopic (exact) mass is 404 g/mol. The smallest absolute Gasteiger partial charge is 0.336 e. The predicted octanol–water partition coefficient (Wildman–Crippen LogP) is 3.82. The molecule has 0 amide bonds. The first-order valence-corrected chi connectivity index (χ1v) is 9.98. The van der Waals surface area contributed by atoms with Crippen LogP contribution in [0.3, 0.4) is 0 Å². The zero-order valence-electron chi connectivity index (χ0n) is 16.9. The molecule has 0 bridgehead atoms. The van der Waals surface area contributed by atoms with Gasteiger partial charge in [0.2, 0.25) is 0 Å². The number of aryl methyl sites for hydroxylation is 2. The number of anilines is 2. The standard InChI is InChI=1S/C23H21FN4O2/c1-14-13-20(29)30-22-16(14)7-8-18-21(22)15(2)23(26-25-18)28-11-9-27(10-12-28)19-6-4-3-5-17(19)24/h3-8,13H,9-12H2,1-2H3. The second-order valence-electron chi connectivity index (χ2n) is 7.66. The normalized spacial score (nSPS) is 14.6. The van der Waals surface area contributed by atoms with E-state index in [1.165, 1.54) is 12.1 Å². The van der Waals surface area contributed by atoms with Gasteiger partial charge in [-0.25, -0.2) is 9.18 Å². The van der Waals surface area contributed by atoms with Crippen molar-refractivity contribution < 1.29 is 8.81 Å². The number of benzene rings is 2. The molecule has 0 spiro atoms. The van der Waals surface area contributed by atoms with Gasteiger partial charge >= 0.3 is 5.63 Å². The summed E-state index contributed by atoms with van der Waals surface area (Å²) in [5.74, 6) is 0.567. The number of fused-ring (bicyclic) bond motifs is 3. The molecule has 3 heterocycles. The molecule has 152 valence electrons. The minimum absolute atomic E-state index is 0.204. The molecule has 0 aliphatic carbocycles. The summed E-state index contributed by atoms with van der Waals surface area (Å²) in [6, 6.07) is 12.2. The first-order chi connectivity index (χ1) is 14.5. The van der Waals surface area contributed by atoms with Gasteiger partial charge in [0.1, 0.15) is 11.4 Å². The third-order valence-corrected chi connectivity index (χ3v) is 5.83. The Morgan fingerprint density at radius 2 is 1.70 bits per heavy atom. The van der Waals surface area contributed by atoms with E-state index in [4.69, 9.17) is 4.42 Å². The Balaban J connectivity index is 1.53. The average molecular weight is 404 g/mol. The van der Waals surface area contributed by atoms with Crippen LogP contribution in [0.25, 0.3) is 21.9 Å². The molecular weight excluding hydrogens is 383 g/mol. The van der Waals surface area contributed by atoms with Crippen LogP contribution in [-0.2, 0) is 0 Å². The molecule has 5 rings (SSSR count). The lowest BCUT2D eigenvalue weighted by Gasteiger charge is -2.37. The SMILES string of the molecule is Cc1cc(=O)oc2c1ccc1nnc(N3CCN(c4ccccc4F)CC3)c(C)c12. The number of hydrogen-bond acceptors (Lipinski definition) is 6. The van der Waals surface area contributed by atoms with E-state index >= 15 is 0 Å². The second kappa shape index (κ2) is 7.09. The highest BCUT2D eigenvalue weighted by Gasteiger charge is 2.23. The van der Waals surface area contributed by atoms with Crippen LogP contribution >= 0.6 is 0 Å². The van der Waals surface area contributed by atoms with Crippen molar-refractivity contribution in [3.05, 3.63) is 69.8 Å². The summed E-state index contributed by atoms with van der Waals surface area (Å²) in [6.45, 7) is 6.65. The van der Waals surface area contributed by atoms with Gasteiger partial charge in [0, 0.05) is 43.2 Å². The molecular formula is C23H21FN4O2. The number of rotatable bonds is 2. The molecule has 1 aliphatic rings. The number of nitrogens with zero attached hydrogens (tertiary/aromatic N) is 4. The molecule has 0 N–H and O–H groups in total. The molecule has 6 nitrogen and oxygen atoms in total. The van der Waals surface area contributed by atoms with Crippen molar-refractivity contribution >= 4 is 33.4 Å². The fourth-order valence-corrected chi connectivity index (χ4v) is 4.27. The Kier molecular flexibility index (Phi) is 4.38. The van der Waals surface area contributed by atoms with E-state index in [1.807, 2.05) is 43.0 Å². The molecule has 1 fully saturated rings. The summed E-state index contributed by atoms with van der Waals surface area (Å²) in [6.07, 6.45) is 0. The van der Waals surface area contributed by atoms with Crippen molar-refractivity contribution in [2.24, 2.45) is 0 Å². The van der Waals surface area contributed by atoms with Gasteiger partial charge in [-0.1, -0.05) is 12.1 Å². The average Bonchev–Trinajstić information content (AvgIpc) is 2.74. The highest BCUT2D eigenvalue weighted by atomic mass is 19.1. The van der Waals surface area contributed by atoms with Gasteiger partial charge in [0.15, 0.2) is 5.82 Å². The Morgan fingerprint density at radius 1 is 0.967 bits per heavy atom. The number of piperazine rings is 1. The summed E-state index contributed by atoms with van der Waals surface area (Å²) in [4.78, 5) is 16.2. The Bertz CT molecular complexity index is 1330. The Hall–Kier alpha value is -3.48. The molecule has 30 heavy (non-hydrogen) atoms. The molecule has 7 heteroatoms. The first kappa shape index (κ1) is 18.5. The molecule has 1 aliphatic heterocycles. The molecule has 2 aromatic heterocycles. The molecule has 4 aromatic rings. The fourth-order valence-electron chi connectivity index (χ4n) is 4.27. The van der Waals surface area contributed by atoms with Crippen LogP contribution in [0, 0.1) is 19.7 Å². The van der Waals surface area contributed by atoms with Crippen LogP contribution in [0.15, 0.2) is 51.7 Å². The summed E-state index contributed by atoms with van der Waals surface area (Å²) in [5.41, 5.74) is 3.31. The predicted molar refractivity (Wildman–Crippen MR) is 116 cm³/mol. The van der Waals surface area contributed by atoms with Gasteiger partial charge in [-0.2, -0.15) is 0 Å². The van der Waals surface area contributed by atoms with Crippen LogP contribution in [0.5, 0.6) is 0 Å². The maximum absolute atomic E-state index is 14.1. The maximum atomic E-state index is 14.1. The first-order valence-electron chi connectivity index (χ1n) is 9.98. The molecule has 1 saturated heterocycles. The third kappa shape index (κ3) is 2.98. The van der Waals surface area contributed by atoms with Crippen LogP contribution in [0.1, 0.15) is 11.1 Å². The van der Waals surface area contributed by atoms with Crippen molar-refractivity contribution in [3.8, 4) is 0 Å². The number of halogens is 1. The van der Waals surface area contributed by atoms with Crippen LogP contribution in [-0.4, -0.2) is 36.4 Å². The topological polar surface area (TPSA) is 62.5 Å². The van der Waals surface area contributed by atoms with E-state index in [1.54, 1.807) is 6.07 Å². The van der Waals surface area contributed by atoms with Crippen molar-refractivity contribution in [2.45, 2.75) is 13.8 Å².